The second-order valence-corrected chi connectivity index (χ2v) is 9.61. The Morgan fingerprint density at radius 3 is 2.15 bits per heavy atom. The molecule has 1 saturated heterocycles. The number of primary amides is 1. The fourth-order valence-electron chi connectivity index (χ4n) is 4.62. The minimum absolute atomic E-state index is 0.000872. The number of carboxylic acids is 1. The van der Waals surface area contributed by atoms with Crippen LogP contribution in [-0.4, -0.2) is 57.0 Å². The van der Waals surface area contributed by atoms with Crippen LogP contribution in [0.4, 0.5) is 18.9 Å². The highest BCUT2D eigenvalue weighted by Crippen LogP contribution is 2.32. The number of hydrogen-bond acceptors (Lipinski definition) is 5. The van der Waals surface area contributed by atoms with E-state index in [2.05, 4.69) is 22.0 Å². The molecule has 3 aromatic carbocycles. The molecule has 1 aliphatic heterocycles. The zero-order valence-corrected chi connectivity index (χ0v) is 22.0. The summed E-state index contributed by atoms with van der Waals surface area (Å²) in [5.74, 6) is -3.27. The van der Waals surface area contributed by atoms with Gasteiger partial charge in [-0.15, -0.1) is 0 Å². The van der Waals surface area contributed by atoms with Crippen LogP contribution in [0.15, 0.2) is 77.8 Å². The molecule has 11 heteroatoms. The lowest BCUT2D eigenvalue weighted by atomic mass is 10.00. The monoisotopic (exact) mass is 566 g/mol. The fourth-order valence-corrected chi connectivity index (χ4v) is 4.62. The first kappa shape index (κ1) is 29.3. The second-order valence-electron chi connectivity index (χ2n) is 9.61. The number of benzene rings is 3. The molecule has 0 bridgehead atoms. The summed E-state index contributed by atoms with van der Waals surface area (Å²) in [4.78, 5) is 30.9. The Morgan fingerprint density at radius 2 is 1.56 bits per heavy atom. The number of hydrogen-bond donors (Lipinski definition) is 4. The Balaban J connectivity index is 0.000000493. The highest BCUT2D eigenvalue weighted by atomic mass is 19.4. The molecule has 1 fully saturated rings. The molecular formula is C30H29F3N4O4. The van der Waals surface area contributed by atoms with Gasteiger partial charge in [-0.05, 0) is 55.8 Å². The number of fused-ring (bicyclic) bond motifs is 1. The number of aliphatic carboxylic acids is 1. The van der Waals surface area contributed by atoms with Crippen molar-refractivity contribution >= 4 is 34.2 Å². The van der Waals surface area contributed by atoms with Gasteiger partial charge in [-0.1, -0.05) is 55.0 Å². The van der Waals surface area contributed by atoms with Crippen molar-refractivity contribution in [2.45, 2.75) is 32.0 Å². The lowest BCUT2D eigenvalue weighted by Crippen LogP contribution is -2.28. The van der Waals surface area contributed by atoms with Crippen LogP contribution in [0.5, 0.6) is 5.88 Å². The van der Waals surface area contributed by atoms with Gasteiger partial charge in [0.05, 0.1) is 17.0 Å². The minimum Gasteiger partial charge on any atom is -0.494 e. The minimum atomic E-state index is -5.08. The van der Waals surface area contributed by atoms with E-state index in [1.807, 2.05) is 42.5 Å². The third-order valence-electron chi connectivity index (χ3n) is 6.62. The quantitative estimate of drug-likeness (QED) is 0.220. The number of likely N-dealkylation sites (tertiary alicyclic amines) is 1. The normalized spacial score (nSPS) is 14.4. The predicted molar refractivity (Wildman–Crippen MR) is 149 cm³/mol. The zero-order chi connectivity index (χ0) is 29.6. The van der Waals surface area contributed by atoms with E-state index in [0.717, 1.165) is 36.3 Å². The van der Waals surface area contributed by atoms with Crippen molar-refractivity contribution in [3.63, 3.8) is 0 Å². The van der Waals surface area contributed by atoms with E-state index in [0.29, 0.717) is 22.4 Å². The molecule has 0 aliphatic carbocycles. The molecule has 0 saturated carbocycles. The van der Waals surface area contributed by atoms with Crippen molar-refractivity contribution in [2.75, 3.05) is 13.1 Å². The lowest BCUT2D eigenvalue weighted by Gasteiger charge is -2.26. The topological polar surface area (TPSA) is 132 Å². The van der Waals surface area contributed by atoms with Gasteiger partial charge in [0.25, 0.3) is 0 Å². The SMILES string of the molecule is NC(=O)c1ccc2c(C(=Nc3ccc(CN4CCCCC4)cc3)c3ccccc3)c(O)[nH]c2c1.O=C(O)C(F)(F)F. The average molecular weight is 567 g/mol. The number of rotatable bonds is 6. The average Bonchev–Trinajstić information content (AvgIpc) is 3.28. The van der Waals surface area contributed by atoms with E-state index < -0.39 is 18.1 Å². The van der Waals surface area contributed by atoms with Gasteiger partial charge in [0, 0.05) is 28.6 Å². The van der Waals surface area contributed by atoms with Gasteiger partial charge in [-0.3, -0.25) is 9.69 Å². The highest BCUT2D eigenvalue weighted by molar-refractivity contribution is 6.22. The number of alkyl halides is 3. The van der Waals surface area contributed by atoms with Crippen LogP contribution >= 0.6 is 0 Å². The van der Waals surface area contributed by atoms with Gasteiger partial charge < -0.3 is 20.9 Å². The number of carbonyl (C=O) groups excluding carboxylic acids is 1. The maximum atomic E-state index is 11.6. The largest absolute Gasteiger partial charge is 0.494 e. The first-order valence-electron chi connectivity index (χ1n) is 12.9. The Kier molecular flexibility index (Phi) is 9.08. The molecule has 0 atom stereocenters. The molecule has 1 aliphatic rings. The summed E-state index contributed by atoms with van der Waals surface area (Å²) in [5, 5.41) is 18.7. The van der Waals surface area contributed by atoms with Gasteiger partial charge in [0.15, 0.2) is 5.88 Å². The van der Waals surface area contributed by atoms with Crippen molar-refractivity contribution in [1.82, 2.24) is 9.88 Å². The van der Waals surface area contributed by atoms with Gasteiger partial charge in [-0.25, -0.2) is 9.79 Å². The van der Waals surface area contributed by atoms with E-state index in [4.69, 9.17) is 20.6 Å². The molecule has 0 unspecified atom stereocenters. The molecule has 4 aromatic rings. The Morgan fingerprint density at radius 1 is 0.927 bits per heavy atom. The summed E-state index contributed by atoms with van der Waals surface area (Å²) in [6.45, 7) is 3.28. The van der Waals surface area contributed by atoms with Crippen LogP contribution in [0.25, 0.3) is 10.9 Å². The van der Waals surface area contributed by atoms with Crippen molar-refractivity contribution < 1.29 is 33.0 Å². The molecule has 8 nitrogen and oxygen atoms in total. The van der Waals surface area contributed by atoms with Crippen LogP contribution in [0.1, 0.15) is 46.3 Å². The van der Waals surface area contributed by atoms with Crippen molar-refractivity contribution in [3.05, 3.63) is 95.1 Å². The summed E-state index contributed by atoms with van der Waals surface area (Å²) in [6, 6.07) is 23.2. The standard InChI is InChI=1S/C28H28N4O2.C2HF3O2/c29-27(33)21-11-14-23-24(17-21)31-28(34)25(23)26(20-7-3-1-4-8-20)30-22-12-9-19(10-13-22)18-32-15-5-2-6-16-32;3-2(4,5)1(6)7/h1,3-4,7-14,17,31,34H,2,5-6,15-16,18H2,(H2,29,33);(H,6,7). The molecular weight excluding hydrogens is 537 g/mol. The Bertz CT molecular complexity index is 1540. The number of nitrogens with one attached hydrogen (secondary N) is 1. The molecule has 0 spiro atoms. The number of aliphatic imine (C=N–C) groups is 1. The molecule has 5 rings (SSSR count). The van der Waals surface area contributed by atoms with E-state index in [9.17, 15) is 23.1 Å². The smallest absolute Gasteiger partial charge is 0.490 e. The van der Waals surface area contributed by atoms with Gasteiger partial charge in [0.1, 0.15) is 0 Å². The Hall–Kier alpha value is -4.64. The van der Waals surface area contributed by atoms with Crippen LogP contribution in [0.3, 0.4) is 0 Å². The molecule has 1 aromatic heterocycles. The number of carbonyl (C=O) groups is 2. The molecule has 41 heavy (non-hydrogen) atoms. The molecule has 2 heterocycles. The van der Waals surface area contributed by atoms with Crippen LogP contribution in [0.2, 0.25) is 0 Å². The van der Waals surface area contributed by atoms with E-state index in [1.54, 1.807) is 18.2 Å². The van der Waals surface area contributed by atoms with E-state index >= 15 is 0 Å². The third kappa shape index (κ3) is 7.52. The molecule has 0 radical (unpaired) electrons. The number of H-pyrrole nitrogens is 1. The first-order valence-corrected chi connectivity index (χ1v) is 12.9. The highest BCUT2D eigenvalue weighted by Gasteiger charge is 2.38. The number of amides is 1. The van der Waals surface area contributed by atoms with E-state index in [-0.39, 0.29) is 5.88 Å². The van der Waals surface area contributed by atoms with Gasteiger partial charge in [-0.2, -0.15) is 13.2 Å². The van der Waals surface area contributed by atoms with Crippen molar-refractivity contribution in [3.8, 4) is 5.88 Å². The second kappa shape index (κ2) is 12.7. The molecule has 214 valence electrons. The van der Waals surface area contributed by atoms with Gasteiger partial charge in [0.2, 0.25) is 5.91 Å². The maximum Gasteiger partial charge on any atom is 0.490 e. The van der Waals surface area contributed by atoms with Gasteiger partial charge >= 0.3 is 12.1 Å². The summed E-state index contributed by atoms with van der Waals surface area (Å²) >= 11 is 0. The van der Waals surface area contributed by atoms with Crippen molar-refractivity contribution in [1.29, 1.82) is 0 Å². The number of carboxylic acid groups (broad SMARTS) is 1. The predicted octanol–water partition coefficient (Wildman–Crippen LogP) is 5.76. The number of aromatic nitrogens is 1. The lowest BCUT2D eigenvalue weighted by molar-refractivity contribution is -0.192. The number of aromatic amines is 1. The summed E-state index contributed by atoms with van der Waals surface area (Å²) in [6.07, 6.45) is -1.20. The molecule has 5 N–H and O–H groups in total. The van der Waals surface area contributed by atoms with E-state index in [1.165, 1.54) is 24.8 Å². The zero-order valence-electron chi connectivity index (χ0n) is 22.0. The first-order chi connectivity index (χ1) is 19.5. The number of nitrogens with zero attached hydrogens (tertiary/aromatic N) is 2. The van der Waals surface area contributed by atoms with Crippen LogP contribution in [0, 0.1) is 0 Å². The Labute approximate surface area is 233 Å². The number of halogens is 3. The van der Waals surface area contributed by atoms with Crippen molar-refractivity contribution in [2.24, 2.45) is 10.7 Å². The number of nitrogens with two attached hydrogens (primary N) is 1. The summed E-state index contributed by atoms with van der Waals surface area (Å²) in [5.41, 5.74) is 10.7. The number of piperidine rings is 1. The fraction of sp³-hybridized carbons (Fsp3) is 0.233. The molecule has 1 amide bonds. The maximum absolute atomic E-state index is 11.6. The third-order valence-corrected chi connectivity index (χ3v) is 6.62. The van der Waals surface area contributed by atoms with Crippen LogP contribution in [-0.2, 0) is 11.3 Å². The van der Waals surface area contributed by atoms with Crippen LogP contribution < -0.4 is 5.73 Å². The summed E-state index contributed by atoms with van der Waals surface area (Å²) in [7, 11) is 0. The summed E-state index contributed by atoms with van der Waals surface area (Å²) < 4.78 is 31.7. The number of aromatic hydroxyl groups is 1.